The maximum absolute atomic E-state index is 13.2. The van der Waals surface area contributed by atoms with Crippen LogP contribution in [0.4, 0.5) is 5.69 Å². The van der Waals surface area contributed by atoms with Gasteiger partial charge in [0, 0.05) is 30.0 Å². The molecule has 0 unspecified atom stereocenters. The van der Waals surface area contributed by atoms with Gasteiger partial charge in [0.05, 0.1) is 19.3 Å². The van der Waals surface area contributed by atoms with Crippen LogP contribution in [-0.4, -0.2) is 46.9 Å². The minimum atomic E-state index is -0.465. The molecule has 36 heavy (non-hydrogen) atoms. The lowest BCUT2D eigenvalue weighted by molar-refractivity contribution is -0.116. The number of hydrogen-bond donors (Lipinski definition) is 2. The lowest BCUT2D eigenvalue weighted by Crippen LogP contribution is -2.34. The van der Waals surface area contributed by atoms with Crippen LogP contribution >= 0.6 is 0 Å². The van der Waals surface area contributed by atoms with E-state index in [9.17, 15) is 19.5 Å². The van der Waals surface area contributed by atoms with Crippen molar-refractivity contribution in [3.8, 4) is 11.5 Å². The average molecular weight is 496 g/mol. The molecule has 0 saturated carbocycles. The second-order valence-corrected chi connectivity index (χ2v) is 7.77. The Morgan fingerprint density at radius 2 is 1.72 bits per heavy atom. The van der Waals surface area contributed by atoms with Crippen LogP contribution in [0.15, 0.2) is 53.3 Å². The largest absolute Gasteiger partial charge is 0.497 e. The van der Waals surface area contributed by atoms with Crippen LogP contribution in [0, 0.1) is 6.92 Å². The second kappa shape index (κ2) is 12.5. The van der Waals surface area contributed by atoms with E-state index in [4.69, 9.17) is 14.2 Å². The smallest absolute Gasteiger partial charge is 0.338 e. The molecule has 0 aliphatic heterocycles. The van der Waals surface area contributed by atoms with Crippen LogP contribution in [0.1, 0.15) is 34.4 Å². The number of methoxy groups -OCH3 is 1. The summed E-state index contributed by atoms with van der Waals surface area (Å²) in [5, 5.41) is 12.1. The zero-order valence-corrected chi connectivity index (χ0v) is 20.4. The third-order valence-corrected chi connectivity index (χ3v) is 5.32. The molecule has 0 aliphatic rings. The minimum absolute atomic E-state index is 0.0523. The molecule has 10 nitrogen and oxygen atoms in total. The van der Waals surface area contributed by atoms with Gasteiger partial charge in [0.2, 0.25) is 5.91 Å². The highest BCUT2D eigenvalue weighted by atomic mass is 16.5. The Balaban J connectivity index is 1.80. The van der Waals surface area contributed by atoms with E-state index in [-0.39, 0.29) is 38.6 Å². The highest BCUT2D eigenvalue weighted by Crippen LogP contribution is 2.18. The number of ether oxygens (including phenoxy) is 3. The molecule has 1 amide bonds. The van der Waals surface area contributed by atoms with Gasteiger partial charge in [-0.25, -0.2) is 9.78 Å². The molecule has 0 saturated heterocycles. The summed E-state index contributed by atoms with van der Waals surface area (Å²) < 4.78 is 17.1. The number of carbonyl (C=O) groups is 2. The van der Waals surface area contributed by atoms with Crippen molar-refractivity contribution in [1.29, 1.82) is 0 Å². The summed E-state index contributed by atoms with van der Waals surface area (Å²) in [5.41, 5.74) is 1.19. The van der Waals surface area contributed by atoms with Crippen LogP contribution in [0.25, 0.3) is 0 Å². The predicted octanol–water partition coefficient (Wildman–Crippen LogP) is 2.49. The van der Waals surface area contributed by atoms with Gasteiger partial charge in [-0.3, -0.25) is 14.2 Å². The van der Waals surface area contributed by atoms with E-state index in [0.717, 1.165) is 0 Å². The van der Waals surface area contributed by atoms with Gasteiger partial charge in [-0.1, -0.05) is 0 Å². The molecule has 1 heterocycles. The number of nitrogens with one attached hydrogen (secondary N) is 1. The number of hydrogen-bond acceptors (Lipinski definition) is 8. The number of anilines is 1. The van der Waals surface area contributed by atoms with Gasteiger partial charge in [-0.05, 0) is 62.4 Å². The molecule has 3 aromatic rings. The van der Waals surface area contributed by atoms with Gasteiger partial charge < -0.3 is 24.6 Å². The number of aromatic nitrogens is 2. The van der Waals surface area contributed by atoms with E-state index in [1.165, 1.54) is 4.57 Å². The molecular formula is C26H29N3O7. The van der Waals surface area contributed by atoms with Crippen molar-refractivity contribution in [3.63, 3.8) is 0 Å². The number of aliphatic hydroxyl groups is 1. The Morgan fingerprint density at radius 3 is 2.33 bits per heavy atom. The van der Waals surface area contributed by atoms with Crippen LogP contribution in [-0.2, 0) is 29.1 Å². The van der Waals surface area contributed by atoms with Crippen LogP contribution in [0.2, 0.25) is 0 Å². The molecule has 0 radical (unpaired) electrons. The normalized spacial score (nSPS) is 10.6. The highest BCUT2D eigenvalue weighted by molar-refractivity contribution is 5.93. The fraction of sp³-hybridized carbons (Fsp3) is 0.308. The monoisotopic (exact) mass is 495 g/mol. The Morgan fingerprint density at radius 1 is 1.06 bits per heavy atom. The Bertz CT molecular complexity index is 1250. The molecule has 3 rings (SSSR count). The maximum atomic E-state index is 13.2. The Hall–Kier alpha value is -4.18. The molecule has 1 aromatic heterocycles. The predicted molar refractivity (Wildman–Crippen MR) is 132 cm³/mol. The van der Waals surface area contributed by atoms with E-state index in [2.05, 4.69) is 10.3 Å². The molecular weight excluding hydrogens is 466 g/mol. The zero-order chi connectivity index (χ0) is 26.1. The standard InChI is InChI=1S/C26H29N3O7/c1-4-35-26(33)18-5-7-19(8-6-18)28-24(31)15-29-23(27-17(2)22(13-14-30)25(29)32)16-36-21-11-9-20(34-3)10-12-21/h5-12,30H,4,13-16H2,1-3H3,(H,28,31). The number of rotatable bonds is 11. The molecule has 10 heteroatoms. The molecule has 2 aromatic carbocycles. The average Bonchev–Trinajstić information content (AvgIpc) is 2.88. The van der Waals surface area contributed by atoms with E-state index >= 15 is 0 Å². The van der Waals surface area contributed by atoms with Gasteiger partial charge in [0.15, 0.2) is 0 Å². The number of amides is 1. The fourth-order valence-corrected chi connectivity index (χ4v) is 3.50. The highest BCUT2D eigenvalue weighted by Gasteiger charge is 2.17. The van der Waals surface area contributed by atoms with Gasteiger partial charge >= 0.3 is 5.97 Å². The first-order chi connectivity index (χ1) is 17.4. The molecule has 0 fully saturated rings. The summed E-state index contributed by atoms with van der Waals surface area (Å²) in [6.45, 7) is 3.07. The van der Waals surface area contributed by atoms with E-state index in [1.54, 1.807) is 69.5 Å². The van der Waals surface area contributed by atoms with Crippen molar-refractivity contribution in [2.75, 3.05) is 25.6 Å². The summed E-state index contributed by atoms with van der Waals surface area (Å²) in [7, 11) is 1.56. The lowest BCUT2D eigenvalue weighted by atomic mass is 10.1. The first-order valence-electron chi connectivity index (χ1n) is 11.4. The van der Waals surface area contributed by atoms with Crippen molar-refractivity contribution < 1.29 is 28.9 Å². The molecule has 190 valence electrons. The van der Waals surface area contributed by atoms with Crippen molar-refractivity contribution in [1.82, 2.24) is 9.55 Å². The molecule has 0 spiro atoms. The second-order valence-electron chi connectivity index (χ2n) is 7.77. The molecule has 2 N–H and O–H groups in total. The first kappa shape index (κ1) is 26.4. The number of carbonyl (C=O) groups excluding carboxylic acids is 2. The van der Waals surface area contributed by atoms with Crippen molar-refractivity contribution in [2.45, 2.75) is 33.4 Å². The van der Waals surface area contributed by atoms with Crippen molar-refractivity contribution in [2.24, 2.45) is 0 Å². The topological polar surface area (TPSA) is 129 Å². The zero-order valence-electron chi connectivity index (χ0n) is 20.4. The molecule has 0 bridgehead atoms. The van der Waals surface area contributed by atoms with Crippen LogP contribution in [0.5, 0.6) is 11.5 Å². The Kier molecular flexibility index (Phi) is 9.18. The van der Waals surface area contributed by atoms with Crippen LogP contribution in [0.3, 0.4) is 0 Å². The maximum Gasteiger partial charge on any atom is 0.338 e. The summed E-state index contributed by atoms with van der Waals surface area (Å²) in [4.78, 5) is 42.3. The minimum Gasteiger partial charge on any atom is -0.497 e. The van der Waals surface area contributed by atoms with Gasteiger partial charge in [-0.2, -0.15) is 0 Å². The number of benzene rings is 2. The quantitative estimate of drug-likeness (QED) is 0.388. The number of nitrogens with zero attached hydrogens (tertiary/aromatic N) is 2. The Labute approximate surface area is 208 Å². The van der Waals surface area contributed by atoms with Crippen molar-refractivity contribution >= 4 is 17.6 Å². The molecule has 0 atom stereocenters. The number of esters is 1. The van der Waals surface area contributed by atoms with Gasteiger partial charge in [0.25, 0.3) is 5.56 Å². The van der Waals surface area contributed by atoms with E-state index < -0.39 is 17.4 Å². The van der Waals surface area contributed by atoms with E-state index in [0.29, 0.717) is 34.0 Å². The SMILES string of the molecule is CCOC(=O)c1ccc(NC(=O)Cn2c(COc3ccc(OC)cc3)nc(C)c(CCO)c2=O)cc1. The fourth-order valence-electron chi connectivity index (χ4n) is 3.50. The summed E-state index contributed by atoms with van der Waals surface area (Å²) >= 11 is 0. The van der Waals surface area contributed by atoms with Crippen molar-refractivity contribution in [3.05, 3.63) is 81.5 Å². The summed E-state index contributed by atoms with van der Waals surface area (Å²) in [6, 6.07) is 13.2. The first-order valence-corrected chi connectivity index (χ1v) is 11.4. The number of aliphatic hydroxyl groups excluding tert-OH is 1. The van der Waals surface area contributed by atoms with Gasteiger partial charge in [0.1, 0.15) is 30.5 Å². The van der Waals surface area contributed by atoms with E-state index in [1.807, 2.05) is 0 Å². The summed E-state index contributed by atoms with van der Waals surface area (Å²) in [6.07, 6.45) is 0.119. The molecule has 0 aliphatic carbocycles. The third kappa shape index (κ3) is 6.70. The third-order valence-electron chi connectivity index (χ3n) is 5.32. The van der Waals surface area contributed by atoms with Gasteiger partial charge in [-0.15, -0.1) is 0 Å². The lowest BCUT2D eigenvalue weighted by Gasteiger charge is -2.16. The summed E-state index contributed by atoms with van der Waals surface area (Å²) in [5.74, 6) is 0.564. The van der Waals surface area contributed by atoms with Crippen LogP contribution < -0.4 is 20.3 Å². The number of aryl methyl sites for hydroxylation is 1.